The van der Waals surface area contributed by atoms with Gasteiger partial charge in [0, 0.05) is 25.6 Å². The second kappa shape index (κ2) is 5.39. The van der Waals surface area contributed by atoms with Crippen LogP contribution in [-0.4, -0.2) is 42.4 Å². The molecule has 1 N–H and O–H groups in total. The first-order valence-corrected chi connectivity index (χ1v) is 6.16. The summed E-state index contributed by atoms with van der Waals surface area (Å²) in [4.78, 5) is 17.7. The highest BCUT2D eigenvalue weighted by Gasteiger charge is 2.27. The first-order chi connectivity index (χ1) is 8.65. The summed E-state index contributed by atoms with van der Waals surface area (Å²) in [6, 6.07) is 0.437. The smallest absolute Gasteiger partial charge is 0.360 e. The average molecular weight is 254 g/mol. The lowest BCUT2D eigenvalue weighted by Crippen LogP contribution is -2.21. The lowest BCUT2D eigenvalue weighted by atomic mass is 10.1. The summed E-state index contributed by atoms with van der Waals surface area (Å²) in [7, 11) is 0. The Bertz CT molecular complexity index is 430. The fourth-order valence-corrected chi connectivity index (χ4v) is 2.06. The highest BCUT2D eigenvalue weighted by atomic mass is 16.5. The van der Waals surface area contributed by atoms with Crippen LogP contribution in [0, 0.1) is 12.8 Å². The number of hydrogen-bond acceptors (Lipinski definition) is 6. The molecule has 1 aromatic rings. The molecule has 2 rings (SSSR count). The van der Waals surface area contributed by atoms with E-state index in [2.05, 4.69) is 4.98 Å². The maximum Gasteiger partial charge on any atom is 0.360 e. The third kappa shape index (κ3) is 2.48. The molecule has 1 fully saturated rings. The first-order valence-electron chi connectivity index (χ1n) is 6.16. The van der Waals surface area contributed by atoms with Crippen molar-refractivity contribution < 1.29 is 19.1 Å². The van der Waals surface area contributed by atoms with Gasteiger partial charge in [0.1, 0.15) is 5.76 Å². The molecule has 0 bridgehead atoms. The maximum absolute atomic E-state index is 11.6. The Kier molecular flexibility index (Phi) is 3.86. The van der Waals surface area contributed by atoms with Crippen LogP contribution in [0.15, 0.2) is 4.42 Å². The Balaban J connectivity index is 2.11. The Morgan fingerprint density at radius 2 is 2.44 bits per heavy atom. The number of aliphatic hydroxyl groups is 1. The molecule has 1 aliphatic rings. The summed E-state index contributed by atoms with van der Waals surface area (Å²) in [6.07, 6.45) is 0.909. The average Bonchev–Trinajstić information content (AvgIpc) is 2.95. The quantitative estimate of drug-likeness (QED) is 0.807. The van der Waals surface area contributed by atoms with Crippen LogP contribution in [0.2, 0.25) is 0 Å². The third-order valence-corrected chi connectivity index (χ3v) is 3.07. The van der Waals surface area contributed by atoms with Crippen LogP contribution in [0.3, 0.4) is 0 Å². The van der Waals surface area contributed by atoms with Gasteiger partial charge in [-0.3, -0.25) is 0 Å². The van der Waals surface area contributed by atoms with Gasteiger partial charge in [0.2, 0.25) is 0 Å². The number of ether oxygens (including phenoxy) is 1. The van der Waals surface area contributed by atoms with Crippen molar-refractivity contribution in [2.45, 2.75) is 20.3 Å². The number of nitrogens with zero attached hydrogens (tertiary/aromatic N) is 2. The van der Waals surface area contributed by atoms with Crippen LogP contribution < -0.4 is 4.90 Å². The lowest BCUT2D eigenvalue weighted by molar-refractivity contribution is 0.0518. The minimum Gasteiger partial charge on any atom is -0.461 e. The number of carbonyl (C=O) groups is 1. The molecule has 6 heteroatoms. The Morgan fingerprint density at radius 3 is 3.06 bits per heavy atom. The topological polar surface area (TPSA) is 75.8 Å². The Morgan fingerprint density at radius 1 is 1.67 bits per heavy atom. The normalized spacial score (nSPS) is 19.3. The predicted molar refractivity (Wildman–Crippen MR) is 64.6 cm³/mol. The molecule has 6 nitrogen and oxygen atoms in total. The number of anilines is 1. The zero-order valence-corrected chi connectivity index (χ0v) is 10.7. The molecule has 1 aliphatic heterocycles. The summed E-state index contributed by atoms with van der Waals surface area (Å²) in [5.41, 5.74) is 0.235. The van der Waals surface area contributed by atoms with Gasteiger partial charge in [0.15, 0.2) is 5.69 Å². The summed E-state index contributed by atoms with van der Waals surface area (Å²) >= 11 is 0. The van der Waals surface area contributed by atoms with E-state index in [1.807, 2.05) is 4.90 Å². The van der Waals surface area contributed by atoms with Crippen LogP contribution in [0.25, 0.3) is 0 Å². The number of rotatable bonds is 4. The number of aliphatic hydroxyl groups excluding tert-OH is 1. The van der Waals surface area contributed by atoms with Gasteiger partial charge in [-0.25, -0.2) is 4.79 Å². The number of esters is 1. The van der Waals surface area contributed by atoms with Gasteiger partial charge in [-0.05, 0) is 20.3 Å². The van der Waals surface area contributed by atoms with E-state index >= 15 is 0 Å². The van der Waals surface area contributed by atoms with Crippen LogP contribution in [0.5, 0.6) is 0 Å². The first kappa shape index (κ1) is 12.9. The third-order valence-electron chi connectivity index (χ3n) is 3.07. The van der Waals surface area contributed by atoms with Crippen LogP contribution in [0.1, 0.15) is 29.6 Å². The number of oxazole rings is 1. The maximum atomic E-state index is 11.6. The van der Waals surface area contributed by atoms with Gasteiger partial charge in [-0.2, -0.15) is 4.98 Å². The molecular weight excluding hydrogens is 236 g/mol. The molecule has 0 aliphatic carbocycles. The number of aromatic nitrogens is 1. The van der Waals surface area contributed by atoms with E-state index in [0.29, 0.717) is 24.9 Å². The Hall–Kier alpha value is -1.56. The second-order valence-corrected chi connectivity index (χ2v) is 4.40. The van der Waals surface area contributed by atoms with E-state index in [4.69, 9.17) is 14.3 Å². The minimum absolute atomic E-state index is 0.168. The van der Waals surface area contributed by atoms with E-state index in [9.17, 15) is 4.79 Å². The van der Waals surface area contributed by atoms with E-state index < -0.39 is 5.97 Å². The predicted octanol–water partition coefficient (Wildman–Crippen LogP) is 0.978. The van der Waals surface area contributed by atoms with Crippen molar-refractivity contribution in [3.8, 4) is 0 Å². The largest absolute Gasteiger partial charge is 0.461 e. The molecule has 1 unspecified atom stereocenters. The SMILES string of the molecule is CCOC(=O)c1nc(N2CCC(CO)C2)oc1C. The second-order valence-electron chi connectivity index (χ2n) is 4.40. The van der Waals surface area contributed by atoms with Crippen molar-refractivity contribution in [3.05, 3.63) is 11.5 Å². The summed E-state index contributed by atoms with van der Waals surface area (Å²) in [5.74, 6) is 0.266. The highest BCUT2D eigenvalue weighted by molar-refractivity contribution is 5.88. The monoisotopic (exact) mass is 254 g/mol. The molecule has 100 valence electrons. The zero-order valence-electron chi connectivity index (χ0n) is 10.7. The molecule has 1 atom stereocenters. The molecule has 1 saturated heterocycles. The van der Waals surface area contributed by atoms with Crippen molar-refractivity contribution >= 4 is 12.0 Å². The Labute approximate surface area is 106 Å². The van der Waals surface area contributed by atoms with E-state index in [1.54, 1.807) is 13.8 Å². The molecule has 0 aromatic carbocycles. The van der Waals surface area contributed by atoms with Crippen LogP contribution in [-0.2, 0) is 4.74 Å². The minimum atomic E-state index is -0.456. The fourth-order valence-electron chi connectivity index (χ4n) is 2.06. The summed E-state index contributed by atoms with van der Waals surface area (Å²) < 4.78 is 10.4. The van der Waals surface area contributed by atoms with Crippen LogP contribution >= 0.6 is 0 Å². The van der Waals surface area contributed by atoms with Crippen molar-refractivity contribution in [3.63, 3.8) is 0 Å². The molecule has 18 heavy (non-hydrogen) atoms. The van der Waals surface area contributed by atoms with Crippen LogP contribution in [0.4, 0.5) is 6.01 Å². The van der Waals surface area contributed by atoms with Gasteiger partial charge >= 0.3 is 5.97 Å². The molecule has 0 spiro atoms. The zero-order chi connectivity index (χ0) is 13.1. The van der Waals surface area contributed by atoms with Crippen molar-refractivity contribution in [1.29, 1.82) is 0 Å². The van der Waals surface area contributed by atoms with Crippen molar-refractivity contribution in [2.24, 2.45) is 5.92 Å². The van der Waals surface area contributed by atoms with Gasteiger partial charge in [0.05, 0.1) is 6.61 Å². The number of aryl methyl sites for hydroxylation is 1. The standard InChI is InChI=1S/C12H18N2O4/c1-3-17-11(16)10-8(2)18-12(13-10)14-5-4-9(6-14)7-15/h9,15H,3-7H2,1-2H3. The van der Waals surface area contributed by atoms with Crippen molar-refractivity contribution in [2.75, 3.05) is 31.2 Å². The van der Waals surface area contributed by atoms with Crippen molar-refractivity contribution in [1.82, 2.24) is 4.98 Å². The summed E-state index contributed by atoms with van der Waals surface area (Å²) in [5, 5.41) is 9.10. The molecule has 2 heterocycles. The number of carbonyl (C=O) groups excluding carboxylic acids is 1. The molecule has 0 amide bonds. The van der Waals surface area contributed by atoms with Gasteiger partial charge in [-0.1, -0.05) is 0 Å². The lowest BCUT2D eigenvalue weighted by Gasteiger charge is -2.12. The van der Waals surface area contributed by atoms with Gasteiger partial charge < -0.3 is 19.2 Å². The highest BCUT2D eigenvalue weighted by Crippen LogP contribution is 2.25. The van der Waals surface area contributed by atoms with E-state index in [1.165, 1.54) is 0 Å². The summed E-state index contributed by atoms with van der Waals surface area (Å²) in [6.45, 7) is 5.42. The molecule has 0 radical (unpaired) electrons. The van der Waals surface area contributed by atoms with Gasteiger partial charge in [-0.15, -0.1) is 0 Å². The van der Waals surface area contributed by atoms with E-state index in [0.717, 1.165) is 13.0 Å². The fraction of sp³-hybridized carbons (Fsp3) is 0.667. The van der Waals surface area contributed by atoms with E-state index in [-0.39, 0.29) is 18.2 Å². The molecule has 1 aromatic heterocycles. The molecular formula is C12H18N2O4. The van der Waals surface area contributed by atoms with Gasteiger partial charge in [0.25, 0.3) is 6.01 Å². The molecule has 0 saturated carbocycles. The number of hydrogen-bond donors (Lipinski definition) is 1.